The third-order valence-corrected chi connectivity index (χ3v) is 2.77. The quantitative estimate of drug-likeness (QED) is 0.413. The third-order valence-electron chi connectivity index (χ3n) is 1.72. The molecule has 0 rings (SSSR count). The first-order valence-electron chi connectivity index (χ1n) is 4.56. The molecule has 0 atom stereocenters. The Kier molecular flexibility index (Phi) is 10.3. The van der Waals surface area contributed by atoms with Crippen LogP contribution >= 0.6 is 28.9 Å². The van der Waals surface area contributed by atoms with E-state index in [4.69, 9.17) is 22.5 Å². The van der Waals surface area contributed by atoms with Gasteiger partial charge in [0.1, 0.15) is 0 Å². The van der Waals surface area contributed by atoms with Crippen LogP contribution in [0.25, 0.3) is 0 Å². The lowest BCUT2D eigenvalue weighted by atomic mass is 10.1. The van der Waals surface area contributed by atoms with Gasteiger partial charge >= 0.3 is 6.42 Å². The van der Waals surface area contributed by atoms with Crippen molar-refractivity contribution in [3.8, 4) is 0 Å². The molecule has 0 aliphatic carbocycles. The number of halogens is 2. The molecule has 0 aromatic carbocycles. The molecule has 0 aliphatic rings. The fraction of sp³-hybridized carbons (Fsp3) is 1.00. The summed E-state index contributed by atoms with van der Waals surface area (Å²) in [7, 11) is 0. The van der Waals surface area contributed by atoms with E-state index >= 15 is 0 Å². The van der Waals surface area contributed by atoms with Gasteiger partial charge in [0.2, 0.25) is 22.5 Å². The molecule has 0 saturated carbocycles. The van der Waals surface area contributed by atoms with Gasteiger partial charge in [0.05, 0.1) is 6.54 Å². The van der Waals surface area contributed by atoms with Gasteiger partial charge in [-0.25, -0.2) is 0 Å². The van der Waals surface area contributed by atoms with E-state index in [1.54, 1.807) is 0 Å². The van der Waals surface area contributed by atoms with Gasteiger partial charge in [0.15, 0.2) is 0 Å². The van der Waals surface area contributed by atoms with Gasteiger partial charge < -0.3 is 0 Å². The molecule has 0 aromatic rings. The summed E-state index contributed by atoms with van der Waals surface area (Å²) in [6, 6.07) is 0. The summed E-state index contributed by atoms with van der Waals surface area (Å²) in [4.78, 5) is 0. The Bertz CT molecular complexity index is 124. The van der Waals surface area contributed by atoms with E-state index in [1.165, 1.54) is 32.1 Å². The lowest BCUT2D eigenvalue weighted by Gasteiger charge is -1.95. The highest BCUT2D eigenvalue weighted by molar-refractivity contribution is 7.96. The van der Waals surface area contributed by atoms with Crippen LogP contribution in [0.15, 0.2) is 4.74 Å². The zero-order valence-corrected chi connectivity index (χ0v) is 10.0. The van der Waals surface area contributed by atoms with Gasteiger partial charge in [0, 0.05) is 0 Å². The Balaban J connectivity index is 2.96. The predicted octanol–water partition coefficient (Wildman–Crippen LogP) is 5.32. The van der Waals surface area contributed by atoms with Crippen LogP contribution in [0.4, 0.5) is 0 Å². The smallest absolute Gasteiger partial charge is 0.0749 e. The summed E-state index contributed by atoms with van der Waals surface area (Å²) in [5, 5.41) is 0. The predicted molar refractivity (Wildman–Crippen MR) is 59.3 cm³/mol. The van der Waals surface area contributed by atoms with Crippen LogP contribution in [-0.2, 0) is 0 Å². The number of rotatable bonds is 7. The van der Waals surface area contributed by atoms with Crippen LogP contribution in [0.2, 0.25) is 0 Å². The van der Waals surface area contributed by atoms with Crippen LogP contribution < -0.4 is 0 Å². The van der Waals surface area contributed by atoms with Crippen LogP contribution in [0.1, 0.15) is 45.4 Å². The molecule has 0 radical (unpaired) electrons. The van der Waals surface area contributed by atoms with Gasteiger partial charge in [-0.15, -0.1) is 0 Å². The second-order valence-electron chi connectivity index (χ2n) is 2.85. The fourth-order valence-electron chi connectivity index (χ4n) is 1.04. The maximum atomic E-state index is 5.50. The second-order valence-corrected chi connectivity index (χ2v) is 6.00. The van der Waals surface area contributed by atoms with Crippen molar-refractivity contribution in [3.63, 3.8) is 0 Å². The summed E-state index contributed by atoms with van der Waals surface area (Å²) >= 11 is 11.0. The van der Waals surface area contributed by atoms with Crippen molar-refractivity contribution in [2.75, 3.05) is 6.54 Å². The lowest BCUT2D eigenvalue weighted by Crippen LogP contribution is -1.81. The number of nitrogens with zero attached hydrogens (tertiary/aromatic N) is 1. The minimum Gasteiger partial charge on any atom is -0.0749 e. The molecule has 0 amide bonds. The molecule has 0 fully saturated rings. The largest absolute Gasteiger partial charge is 0.438 e. The molecular weight excluding hydrogens is 212 g/mol. The van der Waals surface area contributed by atoms with E-state index in [0.29, 0.717) is 0 Å². The minimum atomic E-state index is -1.06. The lowest BCUT2D eigenvalue weighted by molar-refractivity contribution is 0.613. The maximum Gasteiger partial charge on any atom is 0.438 e. The number of hydrogen-bond donors (Lipinski definition) is 0. The Morgan fingerprint density at radius 2 is 1.58 bits per heavy atom. The molecule has 4 heteroatoms. The van der Waals surface area contributed by atoms with Crippen molar-refractivity contribution >= 4 is 28.9 Å². The van der Waals surface area contributed by atoms with Gasteiger partial charge in [-0.2, -0.15) is 0 Å². The minimum absolute atomic E-state index is 0.838. The van der Waals surface area contributed by atoms with Crippen LogP contribution in [-0.4, -0.2) is 6.54 Å². The van der Waals surface area contributed by atoms with Crippen molar-refractivity contribution in [2.45, 2.75) is 45.4 Å². The van der Waals surface area contributed by atoms with E-state index in [-0.39, 0.29) is 0 Å². The molecule has 0 spiro atoms. The molecule has 1 nitrogen and oxygen atoms in total. The van der Waals surface area contributed by atoms with Crippen LogP contribution in [0.3, 0.4) is 0 Å². The molecule has 12 heavy (non-hydrogen) atoms. The van der Waals surface area contributed by atoms with E-state index < -0.39 is 6.42 Å². The van der Waals surface area contributed by atoms with Crippen molar-refractivity contribution in [2.24, 2.45) is 4.74 Å². The van der Waals surface area contributed by atoms with E-state index in [9.17, 15) is 0 Å². The van der Waals surface area contributed by atoms with Crippen molar-refractivity contribution in [1.82, 2.24) is 0 Å². The summed E-state index contributed by atoms with van der Waals surface area (Å²) in [5.41, 5.74) is 0. The molecule has 0 bridgehead atoms. The van der Waals surface area contributed by atoms with Crippen LogP contribution in [0.5, 0.6) is 0 Å². The average Bonchev–Trinajstić information content (AvgIpc) is 2.02. The maximum absolute atomic E-state index is 5.50. The van der Waals surface area contributed by atoms with E-state index in [2.05, 4.69) is 11.7 Å². The first-order valence-corrected chi connectivity index (χ1v) is 7.67. The summed E-state index contributed by atoms with van der Waals surface area (Å²) in [6.45, 7) is 3.06. The first kappa shape index (κ1) is 12.7. The highest BCUT2D eigenvalue weighted by atomic mass is 35.9. The average molecular weight is 229 g/mol. The van der Waals surface area contributed by atoms with Crippen molar-refractivity contribution in [3.05, 3.63) is 0 Å². The zero-order valence-electron chi connectivity index (χ0n) is 7.60. The summed E-state index contributed by atoms with van der Waals surface area (Å²) < 4.78 is 4.04. The number of hydrogen-bond acceptors (Lipinski definition) is 1. The van der Waals surface area contributed by atoms with Crippen LogP contribution in [0, 0.1) is 0 Å². The normalized spacial score (nSPS) is 9.92. The molecule has 72 valence electrons. The summed E-state index contributed by atoms with van der Waals surface area (Å²) in [6.07, 6.45) is 6.69. The Hall–Kier alpha value is 0.680. The molecule has 0 saturated heterocycles. The van der Waals surface area contributed by atoms with Gasteiger partial charge in [-0.05, 0) is 6.42 Å². The molecule has 0 aromatic heterocycles. The molecule has 0 unspecified atom stereocenters. The van der Waals surface area contributed by atoms with Crippen molar-refractivity contribution < 1.29 is 0 Å². The Morgan fingerprint density at radius 3 is 2.17 bits per heavy atom. The third kappa shape index (κ3) is 10.7. The monoisotopic (exact) mass is 228 g/mol. The molecule has 0 N–H and O–H groups in total. The van der Waals surface area contributed by atoms with E-state index in [0.717, 1.165) is 13.0 Å². The van der Waals surface area contributed by atoms with Gasteiger partial charge in [-0.3, -0.25) is 0 Å². The second kappa shape index (κ2) is 9.77. The molecule has 0 aliphatic heterocycles. The molecular formula is C8H17Cl2NP+. The highest BCUT2D eigenvalue weighted by Gasteiger charge is 2.00. The van der Waals surface area contributed by atoms with Gasteiger partial charge in [0.25, 0.3) is 0 Å². The Morgan fingerprint density at radius 1 is 1.00 bits per heavy atom. The van der Waals surface area contributed by atoms with Crippen molar-refractivity contribution in [1.29, 1.82) is 0 Å². The fourth-order valence-corrected chi connectivity index (χ4v) is 1.78. The summed E-state index contributed by atoms with van der Waals surface area (Å²) in [5.74, 6) is 0. The molecule has 0 heterocycles. The highest BCUT2D eigenvalue weighted by Crippen LogP contribution is 2.36. The van der Waals surface area contributed by atoms with E-state index in [1.807, 2.05) is 0 Å². The first-order chi connectivity index (χ1) is 5.77. The Labute approximate surface area is 85.9 Å². The standard InChI is InChI=1S/C8H17Cl2NP/c1-2-3-4-5-6-7-8-11-12(9)10/h2-8H2,1H3/q+1. The SMILES string of the molecule is CCCCCCCCN=[P+](Cl)Cl. The number of unbranched alkanes of at least 4 members (excludes halogenated alkanes) is 5. The van der Waals surface area contributed by atoms with Gasteiger partial charge in [-0.1, -0.05) is 43.8 Å². The zero-order chi connectivity index (χ0) is 9.23. The topological polar surface area (TPSA) is 12.4 Å².